The first kappa shape index (κ1) is 14.4. The van der Waals surface area contributed by atoms with E-state index in [1.165, 1.54) is 16.2 Å². The second-order valence-corrected chi connectivity index (χ2v) is 6.51. The molecule has 0 aliphatic heterocycles. The minimum atomic E-state index is 0.651. The van der Waals surface area contributed by atoms with Gasteiger partial charge < -0.3 is 9.64 Å². The van der Waals surface area contributed by atoms with Crippen molar-refractivity contribution in [3.05, 3.63) is 35.1 Å². The van der Waals surface area contributed by atoms with E-state index in [4.69, 9.17) is 4.74 Å². The molecule has 21 heavy (non-hydrogen) atoms. The SMILES string of the molecule is COCCc1nsc(N(C)Cc2nc3ccccc3s2)n1. The van der Waals surface area contributed by atoms with Crippen LogP contribution in [-0.4, -0.2) is 35.1 Å². The number of hydrogen-bond donors (Lipinski definition) is 0. The average Bonchev–Trinajstić information content (AvgIpc) is 3.11. The van der Waals surface area contributed by atoms with Crippen LogP contribution in [0.2, 0.25) is 0 Å². The summed E-state index contributed by atoms with van der Waals surface area (Å²) >= 11 is 3.14. The summed E-state index contributed by atoms with van der Waals surface area (Å²) < 4.78 is 10.6. The summed E-state index contributed by atoms with van der Waals surface area (Å²) in [5, 5.41) is 2.01. The maximum atomic E-state index is 5.05. The van der Waals surface area contributed by atoms with Gasteiger partial charge in [-0.15, -0.1) is 11.3 Å². The van der Waals surface area contributed by atoms with Crippen LogP contribution in [0.4, 0.5) is 5.13 Å². The number of methoxy groups -OCH3 is 1. The van der Waals surface area contributed by atoms with Crippen molar-refractivity contribution in [3.8, 4) is 0 Å². The van der Waals surface area contributed by atoms with E-state index in [0.717, 1.165) is 34.4 Å². The predicted octanol–water partition coefficient (Wildman–Crippen LogP) is 2.97. The Bertz CT molecular complexity index is 691. The van der Waals surface area contributed by atoms with E-state index in [2.05, 4.69) is 25.3 Å². The molecule has 110 valence electrons. The van der Waals surface area contributed by atoms with Gasteiger partial charge in [0.2, 0.25) is 5.13 Å². The van der Waals surface area contributed by atoms with Gasteiger partial charge in [-0.05, 0) is 12.1 Å². The Balaban J connectivity index is 1.70. The third kappa shape index (κ3) is 3.37. The van der Waals surface area contributed by atoms with E-state index in [1.807, 2.05) is 25.2 Å². The first-order valence-electron chi connectivity index (χ1n) is 6.63. The van der Waals surface area contributed by atoms with E-state index in [-0.39, 0.29) is 0 Å². The van der Waals surface area contributed by atoms with Gasteiger partial charge in [-0.1, -0.05) is 12.1 Å². The Morgan fingerprint density at radius 3 is 2.90 bits per heavy atom. The van der Waals surface area contributed by atoms with Crippen LogP contribution in [0.3, 0.4) is 0 Å². The van der Waals surface area contributed by atoms with Crippen LogP contribution in [0, 0.1) is 0 Å². The molecule has 3 rings (SSSR count). The molecule has 0 bridgehead atoms. The van der Waals surface area contributed by atoms with Gasteiger partial charge in [-0.3, -0.25) is 0 Å². The topological polar surface area (TPSA) is 51.1 Å². The fourth-order valence-electron chi connectivity index (χ4n) is 1.95. The van der Waals surface area contributed by atoms with Crippen molar-refractivity contribution < 1.29 is 4.74 Å². The fourth-order valence-corrected chi connectivity index (χ4v) is 3.64. The predicted molar refractivity (Wildman–Crippen MR) is 87.2 cm³/mol. The summed E-state index contributed by atoms with van der Waals surface area (Å²) in [5.41, 5.74) is 1.06. The zero-order valence-electron chi connectivity index (χ0n) is 11.9. The highest BCUT2D eigenvalue weighted by Gasteiger charge is 2.11. The number of ether oxygens (including phenoxy) is 1. The third-order valence-electron chi connectivity index (χ3n) is 3.02. The van der Waals surface area contributed by atoms with Gasteiger partial charge in [-0.2, -0.15) is 4.37 Å². The first-order chi connectivity index (χ1) is 10.3. The second kappa shape index (κ2) is 6.46. The summed E-state index contributed by atoms with van der Waals surface area (Å²) in [6.07, 6.45) is 0.752. The van der Waals surface area contributed by atoms with Crippen molar-refractivity contribution in [2.24, 2.45) is 0 Å². The molecule has 2 aromatic heterocycles. The van der Waals surface area contributed by atoms with Crippen molar-refractivity contribution in [1.29, 1.82) is 0 Å². The lowest BCUT2D eigenvalue weighted by molar-refractivity contribution is 0.201. The first-order valence-corrected chi connectivity index (χ1v) is 8.22. The number of hydrogen-bond acceptors (Lipinski definition) is 7. The molecular weight excluding hydrogens is 304 g/mol. The van der Waals surface area contributed by atoms with Gasteiger partial charge in [0, 0.05) is 32.1 Å². The minimum Gasteiger partial charge on any atom is -0.384 e. The molecule has 7 heteroatoms. The van der Waals surface area contributed by atoms with E-state index in [0.29, 0.717) is 6.61 Å². The van der Waals surface area contributed by atoms with Gasteiger partial charge in [0.05, 0.1) is 23.4 Å². The Hall–Kier alpha value is -1.57. The van der Waals surface area contributed by atoms with Crippen LogP contribution in [0.25, 0.3) is 10.2 Å². The number of aromatic nitrogens is 3. The van der Waals surface area contributed by atoms with E-state index in [9.17, 15) is 0 Å². The van der Waals surface area contributed by atoms with Gasteiger partial charge in [0.15, 0.2) is 0 Å². The fraction of sp³-hybridized carbons (Fsp3) is 0.357. The lowest BCUT2D eigenvalue weighted by atomic mass is 10.3. The molecule has 5 nitrogen and oxygen atoms in total. The van der Waals surface area contributed by atoms with Crippen LogP contribution in [0.5, 0.6) is 0 Å². The van der Waals surface area contributed by atoms with Crippen molar-refractivity contribution in [2.45, 2.75) is 13.0 Å². The number of fused-ring (bicyclic) bond motifs is 1. The van der Waals surface area contributed by atoms with Crippen LogP contribution in [0.15, 0.2) is 24.3 Å². The smallest absolute Gasteiger partial charge is 0.205 e. The van der Waals surface area contributed by atoms with Crippen LogP contribution >= 0.6 is 22.9 Å². The van der Waals surface area contributed by atoms with Crippen molar-refractivity contribution in [3.63, 3.8) is 0 Å². The van der Waals surface area contributed by atoms with Crippen molar-refractivity contribution >= 4 is 38.2 Å². The molecule has 3 aromatic rings. The molecule has 0 fully saturated rings. The average molecular weight is 320 g/mol. The van der Waals surface area contributed by atoms with Crippen LogP contribution in [-0.2, 0) is 17.7 Å². The quantitative estimate of drug-likeness (QED) is 0.699. The number of para-hydroxylation sites is 1. The Morgan fingerprint density at radius 2 is 2.10 bits per heavy atom. The molecule has 0 amide bonds. The van der Waals surface area contributed by atoms with Gasteiger partial charge in [0.1, 0.15) is 10.8 Å². The lowest BCUT2D eigenvalue weighted by Crippen LogP contribution is -2.16. The maximum Gasteiger partial charge on any atom is 0.205 e. The van der Waals surface area contributed by atoms with E-state index in [1.54, 1.807) is 18.4 Å². The monoisotopic (exact) mass is 320 g/mol. The highest BCUT2D eigenvalue weighted by Crippen LogP contribution is 2.24. The highest BCUT2D eigenvalue weighted by atomic mass is 32.1. The number of thiazole rings is 1. The third-order valence-corrected chi connectivity index (χ3v) is 4.91. The zero-order valence-corrected chi connectivity index (χ0v) is 13.6. The molecular formula is C14H16N4OS2. The standard InChI is InChI=1S/C14H16N4OS2/c1-18(14-16-12(17-21-14)7-8-19-2)9-13-15-10-5-3-4-6-11(10)20-13/h3-6H,7-9H2,1-2H3. The largest absolute Gasteiger partial charge is 0.384 e. The normalized spacial score (nSPS) is 11.1. The lowest BCUT2D eigenvalue weighted by Gasteiger charge is -2.12. The van der Waals surface area contributed by atoms with Gasteiger partial charge in [0.25, 0.3) is 0 Å². The molecule has 0 atom stereocenters. The highest BCUT2D eigenvalue weighted by molar-refractivity contribution is 7.18. The molecule has 0 aliphatic carbocycles. The summed E-state index contributed by atoms with van der Waals surface area (Å²) in [6, 6.07) is 8.20. The summed E-state index contributed by atoms with van der Waals surface area (Å²) in [4.78, 5) is 11.3. The summed E-state index contributed by atoms with van der Waals surface area (Å²) in [5.74, 6) is 0.841. The Labute approximate surface area is 131 Å². The second-order valence-electron chi connectivity index (χ2n) is 4.67. The van der Waals surface area contributed by atoms with E-state index < -0.39 is 0 Å². The Kier molecular flexibility index (Phi) is 4.42. The number of nitrogens with zero attached hydrogens (tertiary/aromatic N) is 4. The van der Waals surface area contributed by atoms with Gasteiger partial charge >= 0.3 is 0 Å². The molecule has 0 saturated carbocycles. The van der Waals surface area contributed by atoms with Crippen molar-refractivity contribution in [1.82, 2.24) is 14.3 Å². The number of rotatable bonds is 6. The molecule has 0 spiro atoms. The summed E-state index contributed by atoms with van der Waals surface area (Å²) in [7, 11) is 3.71. The number of benzene rings is 1. The van der Waals surface area contributed by atoms with Crippen LogP contribution in [0.1, 0.15) is 10.8 Å². The maximum absolute atomic E-state index is 5.05. The van der Waals surface area contributed by atoms with E-state index >= 15 is 0 Å². The molecule has 0 radical (unpaired) electrons. The van der Waals surface area contributed by atoms with Gasteiger partial charge in [-0.25, -0.2) is 9.97 Å². The van der Waals surface area contributed by atoms with Crippen molar-refractivity contribution in [2.75, 3.05) is 25.7 Å². The number of anilines is 1. The minimum absolute atomic E-state index is 0.651. The molecule has 0 saturated heterocycles. The summed E-state index contributed by atoms with van der Waals surface area (Å²) in [6.45, 7) is 1.40. The molecule has 0 unspecified atom stereocenters. The van der Waals surface area contributed by atoms with Crippen LogP contribution < -0.4 is 4.90 Å². The molecule has 0 N–H and O–H groups in total. The Morgan fingerprint density at radius 1 is 1.24 bits per heavy atom. The zero-order chi connectivity index (χ0) is 14.7. The molecule has 2 heterocycles. The molecule has 1 aromatic carbocycles. The molecule has 0 aliphatic rings.